The molecule has 4 aliphatic heterocycles. The Balaban J connectivity index is 1.28. The van der Waals surface area contributed by atoms with E-state index in [1.807, 2.05) is 4.90 Å². The van der Waals surface area contributed by atoms with Gasteiger partial charge in [0.1, 0.15) is 6.23 Å². The monoisotopic (exact) mass is 457 g/mol. The van der Waals surface area contributed by atoms with Crippen molar-refractivity contribution in [1.82, 2.24) is 9.80 Å². The lowest BCUT2D eigenvalue weighted by molar-refractivity contribution is -0.124. The van der Waals surface area contributed by atoms with Gasteiger partial charge >= 0.3 is 0 Å². The van der Waals surface area contributed by atoms with Gasteiger partial charge in [0.05, 0.1) is 6.54 Å². The van der Waals surface area contributed by atoms with Crippen LogP contribution in [0.15, 0.2) is 34.7 Å². The van der Waals surface area contributed by atoms with E-state index in [0.717, 1.165) is 55.3 Å². The van der Waals surface area contributed by atoms with Crippen LogP contribution in [0.1, 0.15) is 30.7 Å². The third-order valence-electron chi connectivity index (χ3n) is 7.51. The normalized spacial score (nSPS) is 27.5. The number of benzene rings is 1. The van der Waals surface area contributed by atoms with Gasteiger partial charge in [0.2, 0.25) is 0 Å². The number of aliphatic hydroxyl groups is 1. The van der Waals surface area contributed by atoms with Gasteiger partial charge in [0.25, 0.3) is 0 Å². The number of rotatable bonds is 4. The highest BCUT2D eigenvalue weighted by Gasteiger charge is 2.40. The Morgan fingerprint density at radius 1 is 1.06 bits per heavy atom. The zero-order valence-electron chi connectivity index (χ0n) is 19.0. The quantitative estimate of drug-likeness (QED) is 0.746. The molecule has 1 N–H and O–H groups in total. The number of aliphatic hydroxyl groups excluding tert-OH is 1. The summed E-state index contributed by atoms with van der Waals surface area (Å²) in [6.45, 7) is 6.86. The molecule has 5 rings (SSSR count). The number of nitrogens with zero attached hydrogens (tertiary/aromatic N) is 3. The predicted octanol–water partition coefficient (Wildman–Crippen LogP) is 2.54. The molecule has 0 aliphatic carbocycles. The van der Waals surface area contributed by atoms with Crippen molar-refractivity contribution in [2.45, 2.75) is 31.4 Å². The number of hydrogen-bond acceptors (Lipinski definition) is 7. The van der Waals surface area contributed by atoms with E-state index in [0.29, 0.717) is 26.3 Å². The van der Waals surface area contributed by atoms with Gasteiger partial charge in [-0.15, -0.1) is 11.8 Å². The summed E-state index contributed by atoms with van der Waals surface area (Å²) in [5.74, 6) is 1.49. The SMILES string of the molecule is CN1CCCN(c2ccc(C3CSC4=C3C(=O)CN(C(O)C3CCOCC3)C4)cc2)CC1. The maximum Gasteiger partial charge on any atom is 0.174 e. The van der Waals surface area contributed by atoms with Gasteiger partial charge in [0.15, 0.2) is 5.78 Å². The molecule has 32 heavy (non-hydrogen) atoms. The molecule has 0 bridgehead atoms. The summed E-state index contributed by atoms with van der Waals surface area (Å²) < 4.78 is 5.43. The summed E-state index contributed by atoms with van der Waals surface area (Å²) in [5.41, 5.74) is 3.52. The highest BCUT2D eigenvalue weighted by molar-refractivity contribution is 8.03. The van der Waals surface area contributed by atoms with Crippen molar-refractivity contribution in [1.29, 1.82) is 0 Å². The van der Waals surface area contributed by atoms with E-state index >= 15 is 0 Å². The smallest absolute Gasteiger partial charge is 0.174 e. The Kier molecular flexibility index (Phi) is 6.90. The fraction of sp³-hybridized carbons (Fsp3) is 0.640. The number of anilines is 1. The van der Waals surface area contributed by atoms with Gasteiger partial charge < -0.3 is 19.6 Å². The van der Waals surface area contributed by atoms with E-state index in [-0.39, 0.29) is 17.6 Å². The second kappa shape index (κ2) is 9.85. The minimum absolute atomic E-state index is 0.175. The van der Waals surface area contributed by atoms with Gasteiger partial charge in [-0.1, -0.05) is 12.1 Å². The minimum Gasteiger partial charge on any atom is -0.381 e. The van der Waals surface area contributed by atoms with Gasteiger partial charge in [-0.25, -0.2) is 0 Å². The number of ether oxygens (including phenoxy) is 1. The third-order valence-corrected chi connectivity index (χ3v) is 8.71. The van der Waals surface area contributed by atoms with E-state index in [1.54, 1.807) is 11.8 Å². The summed E-state index contributed by atoms with van der Waals surface area (Å²) in [4.78, 5) is 21.2. The lowest BCUT2D eigenvalue weighted by Crippen LogP contribution is -2.48. The summed E-state index contributed by atoms with van der Waals surface area (Å²) in [6.07, 6.45) is 2.38. The second-order valence-electron chi connectivity index (χ2n) is 9.63. The van der Waals surface area contributed by atoms with Crippen molar-refractivity contribution in [2.75, 3.05) is 70.2 Å². The van der Waals surface area contributed by atoms with Crippen LogP contribution < -0.4 is 4.90 Å². The number of carbonyl (C=O) groups is 1. The van der Waals surface area contributed by atoms with Crippen LogP contribution in [0, 0.1) is 5.92 Å². The topological polar surface area (TPSA) is 56.2 Å². The molecule has 0 spiro atoms. The molecule has 174 valence electrons. The number of carbonyl (C=O) groups excluding carboxylic acids is 1. The van der Waals surface area contributed by atoms with Crippen LogP contribution in [-0.2, 0) is 9.53 Å². The molecule has 4 heterocycles. The summed E-state index contributed by atoms with van der Waals surface area (Å²) in [6, 6.07) is 8.92. The van der Waals surface area contributed by atoms with Crippen LogP contribution in [0.25, 0.3) is 0 Å². The van der Waals surface area contributed by atoms with Crippen LogP contribution in [-0.4, -0.2) is 92.2 Å². The molecule has 2 unspecified atom stereocenters. The largest absolute Gasteiger partial charge is 0.381 e. The maximum absolute atomic E-state index is 13.2. The first-order chi connectivity index (χ1) is 15.6. The molecule has 1 aromatic rings. The average Bonchev–Trinajstić information content (AvgIpc) is 3.14. The molecule has 6 nitrogen and oxygen atoms in total. The van der Waals surface area contributed by atoms with Crippen LogP contribution in [0.5, 0.6) is 0 Å². The molecule has 2 saturated heterocycles. The van der Waals surface area contributed by atoms with E-state index < -0.39 is 6.23 Å². The number of hydrogen-bond donors (Lipinski definition) is 1. The molecule has 1 aromatic carbocycles. The average molecular weight is 458 g/mol. The van der Waals surface area contributed by atoms with E-state index in [4.69, 9.17) is 4.74 Å². The molecule has 0 amide bonds. The zero-order chi connectivity index (χ0) is 22.1. The predicted molar refractivity (Wildman–Crippen MR) is 129 cm³/mol. The van der Waals surface area contributed by atoms with Gasteiger partial charge in [0, 0.05) is 73.1 Å². The molecule has 0 radical (unpaired) electrons. The maximum atomic E-state index is 13.2. The van der Waals surface area contributed by atoms with E-state index in [2.05, 4.69) is 41.1 Å². The van der Waals surface area contributed by atoms with Crippen molar-refractivity contribution in [3.63, 3.8) is 0 Å². The zero-order valence-corrected chi connectivity index (χ0v) is 19.9. The van der Waals surface area contributed by atoms with Crippen molar-refractivity contribution in [3.05, 3.63) is 40.3 Å². The van der Waals surface area contributed by atoms with Crippen molar-refractivity contribution < 1.29 is 14.6 Å². The number of likely N-dealkylation sites (N-methyl/N-ethyl adjacent to an activating group) is 1. The Labute approximate surface area is 195 Å². The minimum atomic E-state index is -0.552. The Morgan fingerprint density at radius 3 is 2.62 bits per heavy atom. The molecule has 7 heteroatoms. The molecule has 2 fully saturated rings. The van der Waals surface area contributed by atoms with Crippen LogP contribution >= 0.6 is 11.8 Å². The van der Waals surface area contributed by atoms with Crippen molar-refractivity contribution >= 4 is 23.2 Å². The highest BCUT2D eigenvalue weighted by atomic mass is 32.2. The molecule has 0 aromatic heterocycles. The Morgan fingerprint density at radius 2 is 1.84 bits per heavy atom. The molecular weight excluding hydrogens is 422 g/mol. The first kappa shape index (κ1) is 22.4. The highest BCUT2D eigenvalue weighted by Crippen LogP contribution is 2.45. The van der Waals surface area contributed by atoms with E-state index in [9.17, 15) is 9.90 Å². The van der Waals surface area contributed by atoms with Crippen LogP contribution in [0.3, 0.4) is 0 Å². The summed E-state index contributed by atoms with van der Waals surface area (Å²) in [5, 5.41) is 10.9. The Hall–Kier alpha value is -1.38. The van der Waals surface area contributed by atoms with E-state index in [1.165, 1.54) is 17.7 Å². The van der Waals surface area contributed by atoms with Crippen molar-refractivity contribution in [2.24, 2.45) is 5.92 Å². The van der Waals surface area contributed by atoms with Gasteiger partial charge in [-0.2, -0.15) is 0 Å². The van der Waals surface area contributed by atoms with Crippen molar-refractivity contribution in [3.8, 4) is 0 Å². The lowest BCUT2D eigenvalue weighted by atomic mass is 9.87. The fourth-order valence-corrected chi connectivity index (χ4v) is 6.91. The van der Waals surface area contributed by atoms with Crippen LogP contribution in [0.4, 0.5) is 5.69 Å². The third kappa shape index (κ3) is 4.64. The van der Waals surface area contributed by atoms with Gasteiger partial charge in [-0.3, -0.25) is 9.69 Å². The number of Topliss-reactive ketones (excluding diaryl/α,β-unsaturated/α-hetero) is 1. The number of thioether (sulfide) groups is 1. The summed E-state index contributed by atoms with van der Waals surface area (Å²) in [7, 11) is 2.19. The summed E-state index contributed by atoms with van der Waals surface area (Å²) >= 11 is 1.80. The second-order valence-corrected chi connectivity index (χ2v) is 10.7. The lowest BCUT2D eigenvalue weighted by Gasteiger charge is -2.37. The number of ketones is 1. The van der Waals surface area contributed by atoms with Gasteiger partial charge in [-0.05, 0) is 50.6 Å². The molecule has 0 saturated carbocycles. The molecule has 2 atom stereocenters. The van der Waals surface area contributed by atoms with Crippen LogP contribution in [0.2, 0.25) is 0 Å². The first-order valence-corrected chi connectivity index (χ1v) is 13.0. The standard InChI is InChI=1S/C25H35N3O3S/c1-26-9-2-10-27(12-11-26)20-5-3-18(4-6-20)21-17-32-23-16-28(15-22(29)24(21)23)25(30)19-7-13-31-14-8-19/h3-6,19,21,25,30H,2,7-17H2,1H3. The Bertz CT molecular complexity index is 852. The molecular formula is C25H35N3O3S. The molecule has 4 aliphatic rings. The first-order valence-electron chi connectivity index (χ1n) is 12.0. The fourth-order valence-electron chi connectivity index (χ4n) is 5.51.